The van der Waals surface area contributed by atoms with E-state index in [-0.39, 0.29) is 5.78 Å². The maximum absolute atomic E-state index is 12.2. The summed E-state index contributed by atoms with van der Waals surface area (Å²) < 4.78 is 1.85. The number of halogens is 1. The highest BCUT2D eigenvalue weighted by Gasteiger charge is 2.18. The summed E-state index contributed by atoms with van der Waals surface area (Å²) in [5.41, 5.74) is 1.69. The first-order chi connectivity index (χ1) is 9.61. The monoisotopic (exact) mass is 314 g/mol. The standard InChI is InChI=1S/C15H23ClN2OS/c1-3-18-14(15(16)11(2)17-18)9-12(19)10-20-13-7-5-4-6-8-13/h13H,3-10H2,1-2H3. The number of thioether (sulfide) groups is 1. The Bertz CT molecular complexity index is 467. The molecule has 1 aliphatic carbocycles. The van der Waals surface area contributed by atoms with E-state index in [1.165, 1.54) is 32.1 Å². The molecule has 3 nitrogen and oxygen atoms in total. The van der Waals surface area contributed by atoms with Crippen LogP contribution < -0.4 is 0 Å². The maximum atomic E-state index is 12.2. The molecule has 1 aromatic rings. The lowest BCUT2D eigenvalue weighted by molar-refractivity contribution is -0.116. The molecule has 0 N–H and O–H groups in total. The fraction of sp³-hybridized carbons (Fsp3) is 0.733. The average molecular weight is 315 g/mol. The molecule has 0 amide bonds. The highest BCUT2D eigenvalue weighted by atomic mass is 35.5. The Hall–Kier alpha value is -0.480. The summed E-state index contributed by atoms with van der Waals surface area (Å²) in [6.07, 6.45) is 6.94. The minimum Gasteiger partial charge on any atom is -0.298 e. The molecule has 1 aromatic heterocycles. The molecule has 2 rings (SSSR count). The SMILES string of the molecule is CCn1nc(C)c(Cl)c1CC(=O)CSC1CCCCC1. The Morgan fingerprint density at radius 1 is 1.40 bits per heavy atom. The van der Waals surface area contributed by atoms with Crippen molar-refractivity contribution in [3.63, 3.8) is 0 Å². The fourth-order valence-corrected chi connectivity index (χ4v) is 4.11. The second-order valence-electron chi connectivity index (χ2n) is 5.45. The molecule has 1 saturated carbocycles. The van der Waals surface area contributed by atoms with E-state index in [1.54, 1.807) is 0 Å². The number of rotatable bonds is 6. The van der Waals surface area contributed by atoms with E-state index in [0.717, 1.165) is 17.9 Å². The van der Waals surface area contributed by atoms with Crippen molar-refractivity contribution >= 4 is 29.1 Å². The lowest BCUT2D eigenvalue weighted by atomic mass is 10.0. The van der Waals surface area contributed by atoms with Crippen LogP contribution in [0.4, 0.5) is 0 Å². The third-order valence-electron chi connectivity index (χ3n) is 3.85. The number of aromatic nitrogens is 2. The van der Waals surface area contributed by atoms with Crippen molar-refractivity contribution in [2.24, 2.45) is 0 Å². The van der Waals surface area contributed by atoms with E-state index >= 15 is 0 Å². The zero-order chi connectivity index (χ0) is 14.5. The van der Waals surface area contributed by atoms with Crippen molar-refractivity contribution in [3.8, 4) is 0 Å². The van der Waals surface area contributed by atoms with E-state index in [2.05, 4.69) is 5.10 Å². The van der Waals surface area contributed by atoms with Gasteiger partial charge < -0.3 is 0 Å². The van der Waals surface area contributed by atoms with Gasteiger partial charge in [0.25, 0.3) is 0 Å². The number of aryl methyl sites for hydroxylation is 2. The predicted octanol–water partition coefficient (Wildman–Crippen LogP) is 4.04. The van der Waals surface area contributed by atoms with Gasteiger partial charge in [-0.25, -0.2) is 0 Å². The van der Waals surface area contributed by atoms with Crippen LogP contribution in [0.1, 0.15) is 50.4 Å². The van der Waals surface area contributed by atoms with Gasteiger partial charge in [-0.1, -0.05) is 30.9 Å². The van der Waals surface area contributed by atoms with Crippen LogP contribution in [0.5, 0.6) is 0 Å². The summed E-state index contributed by atoms with van der Waals surface area (Å²) in [6, 6.07) is 0. The number of ketones is 1. The van der Waals surface area contributed by atoms with Gasteiger partial charge in [-0.05, 0) is 26.7 Å². The van der Waals surface area contributed by atoms with Gasteiger partial charge >= 0.3 is 0 Å². The largest absolute Gasteiger partial charge is 0.298 e. The van der Waals surface area contributed by atoms with E-state index in [1.807, 2.05) is 30.3 Å². The van der Waals surface area contributed by atoms with Crippen molar-refractivity contribution in [1.29, 1.82) is 0 Å². The second-order valence-corrected chi connectivity index (χ2v) is 7.11. The number of carbonyl (C=O) groups excluding carboxylic acids is 1. The number of nitrogens with zero attached hydrogens (tertiary/aromatic N) is 2. The summed E-state index contributed by atoms with van der Waals surface area (Å²) >= 11 is 8.07. The Balaban J connectivity index is 1.87. The van der Waals surface area contributed by atoms with Gasteiger partial charge in [0, 0.05) is 11.8 Å². The molecule has 0 unspecified atom stereocenters. The third-order valence-corrected chi connectivity index (χ3v) is 5.77. The van der Waals surface area contributed by atoms with Crippen LogP contribution >= 0.6 is 23.4 Å². The van der Waals surface area contributed by atoms with Crippen LogP contribution in [0.25, 0.3) is 0 Å². The van der Waals surface area contributed by atoms with Gasteiger partial charge in [-0.3, -0.25) is 9.48 Å². The van der Waals surface area contributed by atoms with Gasteiger partial charge in [0.15, 0.2) is 0 Å². The zero-order valence-electron chi connectivity index (χ0n) is 12.3. The molecular formula is C15H23ClN2OS. The highest BCUT2D eigenvalue weighted by molar-refractivity contribution is 8.00. The normalized spacial score (nSPS) is 16.6. The lowest BCUT2D eigenvalue weighted by Gasteiger charge is -2.20. The van der Waals surface area contributed by atoms with E-state index < -0.39 is 0 Å². The van der Waals surface area contributed by atoms with E-state index in [0.29, 0.717) is 22.4 Å². The number of carbonyl (C=O) groups is 1. The van der Waals surface area contributed by atoms with Gasteiger partial charge in [0.05, 0.1) is 28.6 Å². The number of hydrogen-bond donors (Lipinski definition) is 0. The van der Waals surface area contributed by atoms with Crippen LogP contribution in [0.15, 0.2) is 0 Å². The molecule has 1 aliphatic rings. The minimum absolute atomic E-state index is 0.261. The van der Waals surface area contributed by atoms with Crippen molar-refractivity contribution in [2.75, 3.05) is 5.75 Å². The Morgan fingerprint density at radius 3 is 2.75 bits per heavy atom. The van der Waals surface area contributed by atoms with Crippen LogP contribution in [0.3, 0.4) is 0 Å². The second kappa shape index (κ2) is 7.51. The first-order valence-corrected chi connectivity index (χ1v) is 8.89. The van der Waals surface area contributed by atoms with Crippen molar-refractivity contribution in [3.05, 3.63) is 16.4 Å². The van der Waals surface area contributed by atoms with Crippen LogP contribution in [0, 0.1) is 6.92 Å². The molecule has 0 aromatic carbocycles. The Labute approximate surface area is 130 Å². The molecule has 1 heterocycles. The van der Waals surface area contributed by atoms with E-state index in [4.69, 9.17) is 11.6 Å². The van der Waals surface area contributed by atoms with Crippen LogP contribution in [0.2, 0.25) is 5.02 Å². The summed E-state index contributed by atoms with van der Waals surface area (Å²) in [7, 11) is 0. The van der Waals surface area contributed by atoms with Gasteiger partial charge in [0.2, 0.25) is 0 Å². The van der Waals surface area contributed by atoms with Crippen LogP contribution in [-0.4, -0.2) is 26.6 Å². The van der Waals surface area contributed by atoms with Crippen molar-refractivity contribution in [2.45, 2.75) is 64.2 Å². The highest BCUT2D eigenvalue weighted by Crippen LogP contribution is 2.28. The third kappa shape index (κ3) is 4.01. The predicted molar refractivity (Wildman–Crippen MR) is 85.7 cm³/mol. The molecular weight excluding hydrogens is 292 g/mol. The van der Waals surface area contributed by atoms with Gasteiger partial charge in [-0.2, -0.15) is 16.9 Å². The van der Waals surface area contributed by atoms with Crippen molar-refractivity contribution < 1.29 is 4.79 Å². The molecule has 112 valence electrons. The molecule has 1 fully saturated rings. The number of hydrogen-bond acceptors (Lipinski definition) is 3. The smallest absolute Gasteiger partial charge is 0.148 e. The molecule has 0 atom stereocenters. The summed E-state index contributed by atoms with van der Waals surface area (Å²) in [6.45, 7) is 4.67. The van der Waals surface area contributed by atoms with E-state index in [9.17, 15) is 4.79 Å². The average Bonchev–Trinajstić information content (AvgIpc) is 2.74. The van der Waals surface area contributed by atoms with Crippen molar-refractivity contribution in [1.82, 2.24) is 9.78 Å². The first-order valence-electron chi connectivity index (χ1n) is 7.47. The molecule has 0 spiro atoms. The Kier molecular flexibility index (Phi) is 5.97. The molecule has 20 heavy (non-hydrogen) atoms. The molecule has 0 saturated heterocycles. The topological polar surface area (TPSA) is 34.9 Å². The molecule has 0 aliphatic heterocycles. The first kappa shape index (κ1) is 15.9. The van der Waals surface area contributed by atoms with Gasteiger partial charge in [0.1, 0.15) is 5.78 Å². The summed E-state index contributed by atoms with van der Waals surface area (Å²) in [4.78, 5) is 12.2. The van der Waals surface area contributed by atoms with Gasteiger partial charge in [-0.15, -0.1) is 0 Å². The van der Waals surface area contributed by atoms with Crippen LogP contribution in [-0.2, 0) is 17.8 Å². The summed E-state index contributed by atoms with van der Waals surface area (Å²) in [5, 5.41) is 5.69. The quantitative estimate of drug-likeness (QED) is 0.794. The lowest BCUT2D eigenvalue weighted by Crippen LogP contribution is -2.15. The Morgan fingerprint density at radius 2 is 2.10 bits per heavy atom. The molecule has 0 radical (unpaired) electrons. The molecule has 5 heteroatoms. The molecule has 0 bridgehead atoms. The number of Topliss-reactive ketones (excluding diaryl/α,β-unsaturated/α-hetero) is 1. The maximum Gasteiger partial charge on any atom is 0.148 e. The minimum atomic E-state index is 0.261. The summed E-state index contributed by atoms with van der Waals surface area (Å²) in [5.74, 6) is 0.867. The zero-order valence-corrected chi connectivity index (χ0v) is 13.9. The fourth-order valence-electron chi connectivity index (χ4n) is 2.72.